The molecule has 0 N–H and O–H groups in total. The fourth-order valence-electron chi connectivity index (χ4n) is 1.78. The number of carbonyl (C=O) groups excluding carboxylic acids is 1. The molecule has 0 aromatic heterocycles. The molecule has 0 heterocycles. The van der Waals surface area contributed by atoms with Crippen LogP contribution in [0.25, 0.3) is 0 Å². The number of benzene rings is 1. The lowest BCUT2D eigenvalue weighted by Gasteiger charge is -2.22. The maximum Gasteiger partial charge on any atom is 0.305 e. The van der Waals surface area contributed by atoms with E-state index in [0.29, 0.717) is 6.42 Å². The van der Waals surface area contributed by atoms with Crippen molar-refractivity contribution in [2.24, 2.45) is 0 Å². The quantitative estimate of drug-likeness (QED) is 0.708. The Kier molecular flexibility index (Phi) is 5.99. The smallest absolute Gasteiger partial charge is 0.305 e. The molecule has 0 saturated carbocycles. The number of carbonyl (C=O) groups is 1. The van der Waals surface area contributed by atoms with Gasteiger partial charge in [0, 0.05) is 26.1 Å². The van der Waals surface area contributed by atoms with E-state index in [1.54, 1.807) is 14.2 Å². The van der Waals surface area contributed by atoms with Crippen molar-refractivity contribution in [1.82, 2.24) is 0 Å². The van der Waals surface area contributed by atoms with Crippen LogP contribution in [0, 0.1) is 0 Å². The van der Waals surface area contributed by atoms with Crippen molar-refractivity contribution in [3.05, 3.63) is 18.2 Å². The van der Waals surface area contributed by atoms with Crippen molar-refractivity contribution >= 4 is 11.7 Å². The van der Waals surface area contributed by atoms with Gasteiger partial charge in [-0.05, 0) is 18.6 Å². The first-order valence-corrected chi connectivity index (χ1v) is 6.12. The minimum atomic E-state index is -0.189. The highest BCUT2D eigenvalue weighted by Crippen LogP contribution is 2.31. The molecule has 1 aromatic rings. The Morgan fingerprint density at radius 2 is 1.95 bits per heavy atom. The minimum Gasteiger partial charge on any atom is -0.497 e. The van der Waals surface area contributed by atoms with Crippen molar-refractivity contribution < 1.29 is 19.0 Å². The summed E-state index contributed by atoms with van der Waals surface area (Å²) in [5, 5.41) is 0. The highest BCUT2D eigenvalue weighted by atomic mass is 16.5. The van der Waals surface area contributed by atoms with Gasteiger partial charge in [-0.3, -0.25) is 4.79 Å². The van der Waals surface area contributed by atoms with Gasteiger partial charge in [-0.1, -0.05) is 0 Å². The van der Waals surface area contributed by atoms with E-state index in [0.717, 1.165) is 30.2 Å². The van der Waals surface area contributed by atoms with Crippen LogP contribution in [-0.2, 0) is 9.53 Å². The van der Waals surface area contributed by atoms with E-state index in [4.69, 9.17) is 9.47 Å². The third-order valence-electron chi connectivity index (χ3n) is 2.90. The molecular formula is C14H21NO4. The van der Waals surface area contributed by atoms with Crippen LogP contribution in [0.4, 0.5) is 5.69 Å². The van der Waals surface area contributed by atoms with E-state index < -0.39 is 0 Å². The number of nitrogens with zero attached hydrogens (tertiary/aromatic N) is 1. The fourth-order valence-corrected chi connectivity index (χ4v) is 1.78. The molecule has 1 rings (SSSR count). The Morgan fingerprint density at radius 1 is 1.21 bits per heavy atom. The zero-order chi connectivity index (χ0) is 14.3. The lowest BCUT2D eigenvalue weighted by Crippen LogP contribution is -2.20. The first kappa shape index (κ1) is 15.1. The van der Waals surface area contributed by atoms with Gasteiger partial charge in [0.05, 0.1) is 27.0 Å². The molecule has 5 nitrogen and oxygen atoms in total. The lowest BCUT2D eigenvalue weighted by atomic mass is 10.2. The molecule has 0 spiro atoms. The van der Waals surface area contributed by atoms with Crippen molar-refractivity contribution in [2.45, 2.75) is 12.8 Å². The van der Waals surface area contributed by atoms with Crippen LogP contribution in [-0.4, -0.2) is 40.9 Å². The molecule has 0 unspecified atom stereocenters. The van der Waals surface area contributed by atoms with E-state index in [9.17, 15) is 4.79 Å². The highest BCUT2D eigenvalue weighted by molar-refractivity contribution is 5.69. The summed E-state index contributed by atoms with van der Waals surface area (Å²) in [6, 6.07) is 5.63. The monoisotopic (exact) mass is 267 g/mol. The molecule has 0 aliphatic heterocycles. The first-order valence-electron chi connectivity index (χ1n) is 6.12. The van der Waals surface area contributed by atoms with Crippen molar-refractivity contribution in [3.63, 3.8) is 0 Å². The maximum absolute atomic E-state index is 11.1. The molecule has 0 aliphatic rings. The van der Waals surface area contributed by atoms with Crippen LogP contribution in [0.1, 0.15) is 12.8 Å². The Labute approximate surface area is 114 Å². The maximum atomic E-state index is 11.1. The summed E-state index contributed by atoms with van der Waals surface area (Å²) in [4.78, 5) is 13.1. The average molecular weight is 267 g/mol. The molecule has 0 aliphatic carbocycles. The number of hydrogen-bond acceptors (Lipinski definition) is 5. The Bertz CT molecular complexity index is 420. The SMILES string of the molecule is COC(=O)CCCN(C)c1cc(OC)ccc1OC. The second kappa shape index (κ2) is 7.51. The van der Waals surface area contributed by atoms with Crippen molar-refractivity contribution in [1.29, 1.82) is 0 Å². The molecule has 0 radical (unpaired) electrons. The number of esters is 1. The Morgan fingerprint density at radius 3 is 2.53 bits per heavy atom. The van der Waals surface area contributed by atoms with Crippen molar-refractivity contribution in [3.8, 4) is 11.5 Å². The summed E-state index contributed by atoms with van der Waals surface area (Å²) in [5.74, 6) is 1.36. The summed E-state index contributed by atoms with van der Waals surface area (Å²) in [7, 11) is 6.61. The summed E-state index contributed by atoms with van der Waals surface area (Å²) in [6.45, 7) is 0.735. The number of anilines is 1. The largest absolute Gasteiger partial charge is 0.497 e. The topological polar surface area (TPSA) is 48.0 Å². The Balaban J connectivity index is 2.69. The van der Waals surface area contributed by atoms with E-state index in [2.05, 4.69) is 4.74 Å². The molecule has 106 valence electrons. The van der Waals surface area contributed by atoms with Gasteiger partial charge >= 0.3 is 5.97 Å². The van der Waals surface area contributed by atoms with Crippen LogP contribution in [0.15, 0.2) is 18.2 Å². The van der Waals surface area contributed by atoms with Gasteiger partial charge in [0.2, 0.25) is 0 Å². The first-order chi connectivity index (χ1) is 9.12. The van der Waals surface area contributed by atoms with Crippen LogP contribution in [0.5, 0.6) is 11.5 Å². The molecule has 0 bridgehead atoms. The van der Waals surface area contributed by atoms with E-state index in [1.807, 2.05) is 30.1 Å². The lowest BCUT2D eigenvalue weighted by molar-refractivity contribution is -0.140. The van der Waals surface area contributed by atoms with Gasteiger partial charge in [-0.25, -0.2) is 0 Å². The number of hydrogen-bond donors (Lipinski definition) is 0. The van der Waals surface area contributed by atoms with Crippen LogP contribution in [0.2, 0.25) is 0 Å². The summed E-state index contributed by atoms with van der Waals surface area (Å²) >= 11 is 0. The highest BCUT2D eigenvalue weighted by Gasteiger charge is 2.10. The molecular weight excluding hydrogens is 246 g/mol. The molecule has 19 heavy (non-hydrogen) atoms. The Hall–Kier alpha value is -1.91. The van der Waals surface area contributed by atoms with Crippen LogP contribution in [0.3, 0.4) is 0 Å². The van der Waals surface area contributed by atoms with E-state index in [-0.39, 0.29) is 5.97 Å². The number of methoxy groups -OCH3 is 3. The third-order valence-corrected chi connectivity index (χ3v) is 2.90. The predicted molar refractivity (Wildman–Crippen MR) is 74.1 cm³/mol. The van der Waals surface area contributed by atoms with Gasteiger partial charge in [-0.15, -0.1) is 0 Å². The molecule has 0 fully saturated rings. The molecule has 0 amide bonds. The molecule has 1 aromatic carbocycles. The van der Waals surface area contributed by atoms with E-state index in [1.165, 1.54) is 7.11 Å². The zero-order valence-corrected chi connectivity index (χ0v) is 11.9. The summed E-state index contributed by atoms with van der Waals surface area (Å²) in [6.07, 6.45) is 1.14. The second-order valence-electron chi connectivity index (χ2n) is 4.14. The molecule has 5 heteroatoms. The average Bonchev–Trinajstić information content (AvgIpc) is 2.45. The second-order valence-corrected chi connectivity index (χ2v) is 4.14. The van der Waals surface area contributed by atoms with Gasteiger partial charge in [0.1, 0.15) is 11.5 Å². The third kappa shape index (κ3) is 4.35. The molecule has 0 atom stereocenters. The van der Waals surface area contributed by atoms with Gasteiger partial charge in [0.15, 0.2) is 0 Å². The zero-order valence-electron chi connectivity index (χ0n) is 11.9. The van der Waals surface area contributed by atoms with Crippen LogP contribution >= 0.6 is 0 Å². The fraction of sp³-hybridized carbons (Fsp3) is 0.500. The van der Waals surface area contributed by atoms with Gasteiger partial charge in [0.25, 0.3) is 0 Å². The summed E-state index contributed by atoms with van der Waals surface area (Å²) < 4.78 is 15.2. The standard InChI is InChI=1S/C14H21NO4/c1-15(9-5-6-14(16)19-4)12-10-11(17-2)7-8-13(12)18-3/h7-8,10H,5-6,9H2,1-4H3. The van der Waals surface area contributed by atoms with Gasteiger partial charge in [-0.2, -0.15) is 0 Å². The number of ether oxygens (including phenoxy) is 3. The molecule has 0 saturated heterocycles. The van der Waals surface area contributed by atoms with Gasteiger partial charge < -0.3 is 19.1 Å². The number of rotatable bonds is 7. The normalized spacial score (nSPS) is 9.89. The minimum absolute atomic E-state index is 0.189. The van der Waals surface area contributed by atoms with E-state index >= 15 is 0 Å². The predicted octanol–water partition coefficient (Wildman–Crippen LogP) is 2.09. The van der Waals surface area contributed by atoms with Crippen LogP contribution < -0.4 is 14.4 Å². The van der Waals surface area contributed by atoms with Crippen molar-refractivity contribution in [2.75, 3.05) is 39.8 Å². The summed E-state index contributed by atoms with van der Waals surface area (Å²) in [5.41, 5.74) is 0.937.